The van der Waals surface area contributed by atoms with E-state index >= 15 is 0 Å². The molecule has 1 aromatic rings. The van der Waals surface area contributed by atoms with E-state index < -0.39 is 0 Å². The van der Waals surface area contributed by atoms with Crippen LogP contribution in [0.25, 0.3) is 0 Å². The fourth-order valence-corrected chi connectivity index (χ4v) is 2.72. The zero-order chi connectivity index (χ0) is 14.5. The zero-order valence-electron chi connectivity index (χ0n) is 12.1. The summed E-state index contributed by atoms with van der Waals surface area (Å²) in [5.74, 6) is -0.226. The van der Waals surface area contributed by atoms with E-state index in [-0.39, 0.29) is 24.3 Å². The number of ether oxygens (including phenoxy) is 1. The number of carbonyl (C=O) groups is 2. The number of rotatable bonds is 3. The van der Waals surface area contributed by atoms with Gasteiger partial charge < -0.3 is 9.64 Å². The lowest BCUT2D eigenvalue weighted by molar-refractivity contribution is -0.142. The van der Waals surface area contributed by atoms with Crippen LogP contribution in [-0.4, -0.2) is 36.5 Å². The van der Waals surface area contributed by atoms with Crippen LogP contribution >= 0.6 is 0 Å². The number of hydrogen-bond donors (Lipinski definition) is 0. The van der Waals surface area contributed by atoms with Gasteiger partial charge in [0.15, 0.2) is 0 Å². The Kier molecular flexibility index (Phi) is 4.77. The molecule has 4 nitrogen and oxygen atoms in total. The first-order valence-corrected chi connectivity index (χ1v) is 7.07. The van der Waals surface area contributed by atoms with E-state index in [4.69, 9.17) is 4.74 Å². The van der Waals surface area contributed by atoms with Gasteiger partial charge in [-0.1, -0.05) is 18.2 Å². The molecule has 1 unspecified atom stereocenters. The Labute approximate surface area is 119 Å². The lowest BCUT2D eigenvalue weighted by Crippen LogP contribution is -2.45. The first-order chi connectivity index (χ1) is 9.63. The molecule has 4 heteroatoms. The molecule has 1 aromatic carbocycles. The molecule has 1 aliphatic heterocycles. The standard InChI is InChI=1S/C16H21NO3/c1-12-7-3-4-9-14(12)16(19)17-10-6-5-8-13(17)11-15(18)20-2/h3-4,7,9,13H,5-6,8,10-11H2,1-2H3. The molecular weight excluding hydrogens is 254 g/mol. The molecular formula is C16H21NO3. The minimum atomic E-state index is -0.250. The number of aryl methyl sites for hydroxylation is 1. The van der Waals surface area contributed by atoms with Crippen LogP contribution in [0.3, 0.4) is 0 Å². The van der Waals surface area contributed by atoms with Crippen LogP contribution in [0.15, 0.2) is 24.3 Å². The molecule has 0 N–H and O–H groups in total. The maximum absolute atomic E-state index is 12.7. The maximum atomic E-state index is 12.7. The molecule has 20 heavy (non-hydrogen) atoms. The average Bonchev–Trinajstić information content (AvgIpc) is 2.47. The van der Waals surface area contributed by atoms with Gasteiger partial charge in [0, 0.05) is 18.2 Å². The number of benzene rings is 1. The Bertz CT molecular complexity index is 498. The highest BCUT2D eigenvalue weighted by Crippen LogP contribution is 2.23. The van der Waals surface area contributed by atoms with Crippen molar-refractivity contribution in [2.24, 2.45) is 0 Å². The first-order valence-electron chi connectivity index (χ1n) is 7.07. The van der Waals surface area contributed by atoms with E-state index in [2.05, 4.69) is 0 Å². The number of amides is 1. The number of piperidine rings is 1. The summed E-state index contributed by atoms with van der Waals surface area (Å²) in [7, 11) is 1.39. The van der Waals surface area contributed by atoms with Gasteiger partial charge in [-0.05, 0) is 37.8 Å². The molecule has 1 saturated heterocycles. The molecule has 1 atom stereocenters. The molecule has 2 rings (SSSR count). The quantitative estimate of drug-likeness (QED) is 0.796. The van der Waals surface area contributed by atoms with Crippen LogP contribution < -0.4 is 0 Å². The van der Waals surface area contributed by atoms with Gasteiger partial charge in [-0.2, -0.15) is 0 Å². The van der Waals surface area contributed by atoms with Crippen LogP contribution in [0.2, 0.25) is 0 Å². The van der Waals surface area contributed by atoms with Crippen molar-refractivity contribution in [2.75, 3.05) is 13.7 Å². The van der Waals surface area contributed by atoms with E-state index in [0.29, 0.717) is 0 Å². The molecule has 0 saturated carbocycles. The summed E-state index contributed by atoms with van der Waals surface area (Å²) in [6.45, 7) is 2.65. The van der Waals surface area contributed by atoms with Crippen LogP contribution in [-0.2, 0) is 9.53 Å². The Morgan fingerprint density at radius 2 is 2.05 bits per heavy atom. The lowest BCUT2D eigenvalue weighted by atomic mass is 9.97. The summed E-state index contributed by atoms with van der Waals surface area (Å²) in [5, 5.41) is 0. The fraction of sp³-hybridized carbons (Fsp3) is 0.500. The van der Waals surface area contributed by atoms with Gasteiger partial charge in [0.25, 0.3) is 5.91 Å². The third-order valence-corrected chi connectivity index (χ3v) is 3.89. The molecule has 0 spiro atoms. The van der Waals surface area contributed by atoms with Crippen molar-refractivity contribution in [3.8, 4) is 0 Å². The van der Waals surface area contributed by atoms with Gasteiger partial charge in [0.1, 0.15) is 0 Å². The third kappa shape index (κ3) is 3.18. The summed E-state index contributed by atoms with van der Waals surface area (Å²) >= 11 is 0. The van der Waals surface area contributed by atoms with Crippen molar-refractivity contribution in [1.82, 2.24) is 4.90 Å². The van der Waals surface area contributed by atoms with Crippen LogP contribution in [0.5, 0.6) is 0 Å². The molecule has 0 aromatic heterocycles. The minimum absolute atomic E-state index is 0.0247. The molecule has 1 amide bonds. The Hall–Kier alpha value is -1.84. The van der Waals surface area contributed by atoms with E-state index in [1.54, 1.807) is 0 Å². The molecule has 0 aliphatic carbocycles. The Morgan fingerprint density at radius 3 is 2.75 bits per heavy atom. The second-order valence-corrected chi connectivity index (χ2v) is 5.24. The highest BCUT2D eigenvalue weighted by molar-refractivity contribution is 5.96. The number of esters is 1. The van der Waals surface area contributed by atoms with Gasteiger partial charge in [-0.15, -0.1) is 0 Å². The number of nitrogens with zero attached hydrogens (tertiary/aromatic N) is 1. The summed E-state index contributed by atoms with van der Waals surface area (Å²) in [4.78, 5) is 26.0. The molecule has 0 bridgehead atoms. The number of carbonyl (C=O) groups excluding carboxylic acids is 2. The monoisotopic (exact) mass is 275 g/mol. The minimum Gasteiger partial charge on any atom is -0.469 e. The van der Waals surface area contributed by atoms with Crippen molar-refractivity contribution in [1.29, 1.82) is 0 Å². The Morgan fingerprint density at radius 1 is 1.30 bits per heavy atom. The second kappa shape index (κ2) is 6.55. The van der Waals surface area contributed by atoms with Crippen LogP contribution in [0, 0.1) is 6.92 Å². The summed E-state index contributed by atoms with van der Waals surface area (Å²) < 4.78 is 4.73. The fourth-order valence-electron chi connectivity index (χ4n) is 2.72. The third-order valence-electron chi connectivity index (χ3n) is 3.89. The summed E-state index contributed by atoms with van der Waals surface area (Å²) in [5.41, 5.74) is 1.70. The van der Waals surface area contributed by atoms with Crippen molar-refractivity contribution in [3.05, 3.63) is 35.4 Å². The van der Waals surface area contributed by atoms with Crippen LogP contribution in [0.1, 0.15) is 41.6 Å². The predicted octanol–water partition coefficient (Wildman–Crippen LogP) is 2.55. The second-order valence-electron chi connectivity index (χ2n) is 5.24. The number of methoxy groups -OCH3 is 1. The van der Waals surface area contributed by atoms with E-state index in [1.165, 1.54) is 7.11 Å². The lowest BCUT2D eigenvalue weighted by Gasteiger charge is -2.35. The summed E-state index contributed by atoms with van der Waals surface area (Å²) in [6.07, 6.45) is 3.20. The van der Waals surface area contributed by atoms with Gasteiger partial charge in [-0.3, -0.25) is 9.59 Å². The van der Waals surface area contributed by atoms with Crippen molar-refractivity contribution in [2.45, 2.75) is 38.6 Å². The molecule has 0 radical (unpaired) electrons. The van der Waals surface area contributed by atoms with Gasteiger partial charge in [0.2, 0.25) is 0 Å². The van der Waals surface area contributed by atoms with E-state index in [9.17, 15) is 9.59 Å². The smallest absolute Gasteiger partial charge is 0.307 e. The topological polar surface area (TPSA) is 46.6 Å². The molecule has 1 heterocycles. The first kappa shape index (κ1) is 14.6. The number of hydrogen-bond acceptors (Lipinski definition) is 3. The highest BCUT2D eigenvalue weighted by Gasteiger charge is 2.29. The van der Waals surface area contributed by atoms with E-state index in [0.717, 1.165) is 36.9 Å². The molecule has 108 valence electrons. The molecule has 1 fully saturated rings. The van der Waals surface area contributed by atoms with Crippen molar-refractivity contribution >= 4 is 11.9 Å². The maximum Gasteiger partial charge on any atom is 0.307 e. The highest BCUT2D eigenvalue weighted by atomic mass is 16.5. The van der Waals surface area contributed by atoms with Crippen molar-refractivity contribution < 1.29 is 14.3 Å². The predicted molar refractivity (Wildman–Crippen MR) is 76.5 cm³/mol. The van der Waals surface area contributed by atoms with Gasteiger partial charge >= 0.3 is 5.97 Å². The average molecular weight is 275 g/mol. The van der Waals surface area contributed by atoms with Crippen molar-refractivity contribution in [3.63, 3.8) is 0 Å². The van der Waals surface area contributed by atoms with Gasteiger partial charge in [0.05, 0.1) is 13.5 Å². The zero-order valence-corrected chi connectivity index (χ0v) is 12.1. The summed E-state index contributed by atoms with van der Waals surface area (Å²) in [6, 6.07) is 7.55. The van der Waals surface area contributed by atoms with E-state index in [1.807, 2.05) is 36.1 Å². The SMILES string of the molecule is COC(=O)CC1CCCCN1C(=O)c1ccccc1C. The van der Waals surface area contributed by atoms with Gasteiger partial charge in [-0.25, -0.2) is 0 Å². The normalized spacial score (nSPS) is 18.7. The number of likely N-dealkylation sites (tertiary alicyclic amines) is 1. The molecule has 1 aliphatic rings. The van der Waals surface area contributed by atoms with Crippen LogP contribution in [0.4, 0.5) is 0 Å². The largest absolute Gasteiger partial charge is 0.469 e. The Balaban J connectivity index is 2.17.